The van der Waals surface area contributed by atoms with Crippen molar-refractivity contribution in [3.63, 3.8) is 0 Å². The Kier molecular flexibility index (Phi) is 17.4. The van der Waals surface area contributed by atoms with Crippen LogP contribution < -0.4 is 22.1 Å². The van der Waals surface area contributed by atoms with Gasteiger partial charge < -0.3 is 60.7 Å². The molecule has 0 saturated carbocycles. The zero-order valence-corrected chi connectivity index (χ0v) is 44.6. The minimum Gasteiger partial charge on any atom is -0.744 e. The first kappa shape index (κ1) is 61.2. The van der Waals surface area contributed by atoms with E-state index in [2.05, 4.69) is 61.0 Å². The zero-order chi connectivity index (χ0) is 59.1. The molecule has 0 aliphatic rings. The Labute approximate surface area is 477 Å². The van der Waals surface area contributed by atoms with Gasteiger partial charge in [0, 0.05) is 52.4 Å². The number of nitrogens with zero attached hydrogens (tertiary/aromatic N) is 12. The van der Waals surface area contributed by atoms with Crippen LogP contribution in [0.4, 0.5) is 69.3 Å². The van der Waals surface area contributed by atoms with Crippen LogP contribution in [0, 0.1) is 20.2 Å². The van der Waals surface area contributed by atoms with E-state index in [0.717, 1.165) is 48.5 Å². The van der Waals surface area contributed by atoms with Crippen LogP contribution in [-0.2, 0) is 57.8 Å². The van der Waals surface area contributed by atoms with Crippen molar-refractivity contribution in [2.45, 2.75) is 19.6 Å². The van der Waals surface area contributed by atoms with Crippen LogP contribution in [0.5, 0.6) is 23.0 Å². The minimum absolute atomic E-state index is 0. The summed E-state index contributed by atoms with van der Waals surface area (Å²) in [5.41, 5.74) is 6.05. The van der Waals surface area contributed by atoms with Crippen molar-refractivity contribution < 1.29 is 107 Å². The van der Waals surface area contributed by atoms with Gasteiger partial charge in [-0.15, -0.1) is 20.5 Å². The summed E-state index contributed by atoms with van der Waals surface area (Å²) in [5.74, 6) is -4.97. The Bertz CT molecular complexity index is 4220. The fourth-order valence-corrected chi connectivity index (χ4v) is 9.37. The van der Waals surface area contributed by atoms with Gasteiger partial charge in [0.1, 0.15) is 74.7 Å². The summed E-state index contributed by atoms with van der Waals surface area (Å²) in [6.07, 6.45) is 0. The number of fused-ring (bicyclic) bond motifs is 2. The number of halogens is 2. The molecule has 0 unspecified atom stereocenters. The number of nitrogen functional groups attached to an aromatic ring is 2. The number of phenolic OH excluding ortho intramolecular Hbond substituents is 4. The van der Waals surface area contributed by atoms with Crippen LogP contribution in [-0.4, -0.2) is 112 Å². The molecular formula is C38H27Cl2CrN16O20S4+. The van der Waals surface area contributed by atoms with Crippen molar-refractivity contribution in [2.24, 2.45) is 20.5 Å². The van der Waals surface area contributed by atoms with Crippen LogP contribution >= 0.6 is 23.2 Å². The Morgan fingerprint density at radius 2 is 0.852 bits per heavy atom. The predicted octanol–water partition coefficient (Wildman–Crippen LogP) is 5.65. The molecule has 81 heavy (non-hydrogen) atoms. The van der Waals surface area contributed by atoms with Gasteiger partial charge in [-0.2, -0.15) is 29.9 Å². The Morgan fingerprint density at radius 3 is 1.15 bits per heavy atom. The standard InChI is InChI=1S/2C19H13ClN8O10S2.Cr/c2*20-17-23-18(21)25-19(24-17)22-11-6-9(39(33,34)35)3-7-4-13(40(36,37)38)15(16(30)14(7)11)27-26-10-5-8(28(31)32)1-2-12(10)29;/h2*1-6,29-30H,(H,33,34,35)(H,36,37,38)(H3,21,22,23,24,25);/p+1. The summed E-state index contributed by atoms with van der Waals surface area (Å²) in [6.45, 7) is 0. The molecule has 422 valence electrons. The van der Waals surface area contributed by atoms with Crippen molar-refractivity contribution in [3.8, 4) is 23.0 Å². The maximum absolute atomic E-state index is 12.0. The first-order valence-electron chi connectivity index (χ1n) is 20.3. The fourth-order valence-electron chi connectivity index (χ4n) is 6.68. The van der Waals surface area contributed by atoms with E-state index in [0.29, 0.717) is 24.3 Å². The number of hydrogen-bond donors (Lipinski definition) is 8. The van der Waals surface area contributed by atoms with E-state index in [-0.39, 0.29) is 36.4 Å². The molecule has 0 bridgehead atoms. The molecule has 0 aliphatic carbocycles. The number of nitrogens with two attached hydrogens (primary N) is 2. The van der Waals surface area contributed by atoms with Crippen molar-refractivity contribution in [1.82, 2.24) is 29.9 Å². The molecule has 0 radical (unpaired) electrons. The van der Waals surface area contributed by atoms with Gasteiger partial charge in [-0.05, 0) is 82.5 Å². The van der Waals surface area contributed by atoms with Crippen LogP contribution in [0.25, 0.3) is 21.5 Å². The van der Waals surface area contributed by atoms with Crippen LogP contribution in [0.15, 0.2) is 113 Å². The van der Waals surface area contributed by atoms with Crippen LogP contribution in [0.3, 0.4) is 0 Å². The summed E-state index contributed by atoms with van der Waals surface area (Å²) in [6, 6.07) is 9.26. The maximum Gasteiger partial charge on any atom is 1.00 e. The molecule has 2 aromatic heterocycles. The molecule has 2 heterocycles. The third kappa shape index (κ3) is 14.1. The molecule has 36 nitrogen and oxygen atoms in total. The van der Waals surface area contributed by atoms with Crippen LogP contribution in [0.2, 0.25) is 10.6 Å². The molecule has 0 aliphatic heterocycles. The van der Waals surface area contributed by atoms with Gasteiger partial charge in [0.25, 0.3) is 11.4 Å². The summed E-state index contributed by atoms with van der Waals surface area (Å²) in [7, 11) is -21.3. The number of azo groups is 2. The fraction of sp³-hybridized carbons (Fsp3) is 0. The number of aromatic hydroxyl groups is 4. The quantitative estimate of drug-likeness (QED) is 0.0282. The number of nitro benzene ring substituents is 2. The van der Waals surface area contributed by atoms with Crippen molar-refractivity contribution in [2.75, 3.05) is 22.1 Å². The second-order valence-electron chi connectivity index (χ2n) is 15.2. The van der Waals surface area contributed by atoms with E-state index in [1.54, 1.807) is 0 Å². The van der Waals surface area contributed by atoms with Crippen molar-refractivity contribution in [3.05, 3.63) is 104 Å². The molecule has 8 rings (SSSR count). The van der Waals surface area contributed by atoms with Gasteiger partial charge in [0.05, 0.1) is 40.8 Å². The van der Waals surface area contributed by atoms with Gasteiger partial charge in [0.15, 0.2) is 11.5 Å². The number of non-ortho nitro benzene ring substituents is 2. The third-order valence-electron chi connectivity index (χ3n) is 9.96. The summed E-state index contributed by atoms with van der Waals surface area (Å²) < 4.78 is 143. The average Bonchev–Trinajstić information content (AvgIpc) is 1.25. The molecule has 0 spiro atoms. The normalized spacial score (nSPS) is 12.0. The average molecular weight is 1280 g/mol. The molecule has 0 amide bonds. The second kappa shape index (κ2) is 23.0. The van der Waals surface area contributed by atoms with E-state index < -0.39 is 182 Å². The third-order valence-corrected chi connectivity index (χ3v) is 13.6. The summed E-state index contributed by atoms with van der Waals surface area (Å²) in [4.78, 5) is 38.1. The van der Waals surface area contributed by atoms with E-state index in [1.807, 2.05) is 0 Å². The van der Waals surface area contributed by atoms with Gasteiger partial charge >= 0.3 is 7.13 Å². The van der Waals surface area contributed by atoms with Gasteiger partial charge in [-0.3, -0.25) is 20.2 Å². The topological polar surface area (TPSA) is 599 Å². The van der Waals surface area contributed by atoms with E-state index in [1.165, 1.54) is 0 Å². The van der Waals surface area contributed by atoms with Gasteiger partial charge in [-0.25, -0.2) is 33.7 Å². The van der Waals surface area contributed by atoms with E-state index in [4.69, 9.17) is 34.7 Å². The number of rotatable bonds is 14. The molecule has 0 fully saturated rings. The number of anilines is 6. The number of aromatic nitrogens is 6. The summed E-state index contributed by atoms with van der Waals surface area (Å²) >= 11 is 11.5. The number of nitro groups is 2. The maximum atomic E-state index is 12.0. The molecular weight excluding hydrogens is 1250 g/mol. The Hall–Kier alpha value is -8.99. The molecule has 6 aromatic carbocycles. The first-order chi connectivity index (χ1) is 37.1. The molecule has 0 saturated heterocycles. The van der Waals surface area contributed by atoms with Crippen molar-refractivity contribution >= 4 is 155 Å². The smallest absolute Gasteiger partial charge is 0.744 e. The Morgan fingerprint density at radius 1 is 0.506 bits per heavy atom. The summed E-state index contributed by atoms with van der Waals surface area (Å²) in [5, 5.41) is 80.6. The first-order valence-corrected chi connectivity index (χ1v) is 26.7. The monoisotopic (exact) mass is 1280 g/mol. The molecule has 0 atom stereocenters. The molecule has 10 N–H and O–H groups in total. The molecule has 43 heteroatoms. The SMILES string of the molecule is Nc1nc(Cl)nc(Nc2cc(S(=O)(=O)[O-])cc3cc(S(=O)(=O)[O-])c(N=Nc4cc([N+](=O)[O-])ccc4O)c(O)c23)n1.Nc1nc(Cl)nc(Nc2cc(S(=O)(=O)[O-])cc3cc(S(=O)(=O)[O-])c(N=Nc4cc([N+](=O)[O-])ccc4O)c(O)c23)n1.[Cr].[H+].[H+].[H+].[H+].[H+]. The largest absolute Gasteiger partial charge is 1.00 e. The number of phenols is 4. The van der Waals surface area contributed by atoms with E-state index in [9.17, 15) is 92.5 Å². The van der Waals surface area contributed by atoms with Gasteiger partial charge in [0.2, 0.25) is 34.4 Å². The van der Waals surface area contributed by atoms with Gasteiger partial charge in [-0.1, -0.05) is 0 Å². The second-order valence-corrected chi connectivity index (χ2v) is 21.3. The van der Waals surface area contributed by atoms with E-state index >= 15 is 0 Å². The van der Waals surface area contributed by atoms with Crippen LogP contribution in [0.1, 0.15) is 7.13 Å². The minimum atomic E-state index is -5.46. The zero-order valence-electron chi connectivity index (χ0n) is 43.6. The number of nitrogens with one attached hydrogen (secondary N) is 2. The number of hydrogen-bond acceptors (Lipinski definition) is 34. The molecule has 8 aromatic rings. The predicted molar refractivity (Wildman–Crippen MR) is 272 cm³/mol. The Balaban J connectivity index is 0.000000804. The van der Waals surface area contributed by atoms with Crippen molar-refractivity contribution in [1.29, 1.82) is 0 Å². The number of benzene rings is 6.